The summed E-state index contributed by atoms with van der Waals surface area (Å²) in [6.07, 6.45) is 4.90. The first-order chi connectivity index (χ1) is 9.70. The Bertz CT molecular complexity index is 411. The molecule has 0 atom stereocenters. The van der Waals surface area contributed by atoms with Crippen LogP contribution in [0.25, 0.3) is 0 Å². The van der Waals surface area contributed by atoms with Crippen LogP contribution in [-0.4, -0.2) is 45.2 Å². The average molecular weight is 276 g/mol. The van der Waals surface area contributed by atoms with Crippen LogP contribution in [-0.2, 0) is 6.42 Å². The fourth-order valence-electron chi connectivity index (χ4n) is 2.80. The summed E-state index contributed by atoms with van der Waals surface area (Å²) in [6, 6.07) is 6.76. The Morgan fingerprint density at radius 1 is 1.20 bits per heavy atom. The lowest BCUT2D eigenvalue weighted by Crippen LogP contribution is -2.18. The second-order valence-corrected chi connectivity index (χ2v) is 5.83. The van der Waals surface area contributed by atoms with Gasteiger partial charge in [0.1, 0.15) is 5.75 Å². The maximum absolute atomic E-state index is 5.85. The Labute approximate surface area is 123 Å². The molecule has 1 fully saturated rings. The van der Waals surface area contributed by atoms with Gasteiger partial charge in [0.05, 0.1) is 6.61 Å². The molecule has 0 N–H and O–H groups in total. The smallest absolute Gasteiger partial charge is 0.124 e. The molecule has 2 rings (SSSR count). The van der Waals surface area contributed by atoms with Crippen LogP contribution in [0.2, 0.25) is 0 Å². The fourth-order valence-corrected chi connectivity index (χ4v) is 2.80. The van der Waals surface area contributed by atoms with Crippen LogP contribution in [0.4, 0.5) is 5.69 Å². The molecule has 0 radical (unpaired) electrons. The van der Waals surface area contributed by atoms with Gasteiger partial charge >= 0.3 is 0 Å². The van der Waals surface area contributed by atoms with Gasteiger partial charge < -0.3 is 14.5 Å². The summed E-state index contributed by atoms with van der Waals surface area (Å²) < 4.78 is 5.85. The number of nitrogens with zero attached hydrogens (tertiary/aromatic N) is 2. The number of anilines is 1. The Morgan fingerprint density at radius 3 is 2.60 bits per heavy atom. The highest BCUT2D eigenvalue weighted by atomic mass is 16.5. The van der Waals surface area contributed by atoms with Crippen LogP contribution in [0.5, 0.6) is 5.75 Å². The van der Waals surface area contributed by atoms with Gasteiger partial charge in [0.25, 0.3) is 0 Å². The highest BCUT2D eigenvalue weighted by molar-refractivity contribution is 5.54. The van der Waals surface area contributed by atoms with E-state index in [1.807, 2.05) is 0 Å². The first kappa shape index (κ1) is 15.2. The van der Waals surface area contributed by atoms with Gasteiger partial charge in [0.2, 0.25) is 0 Å². The summed E-state index contributed by atoms with van der Waals surface area (Å²) in [6.45, 7) is 6.30. The van der Waals surface area contributed by atoms with E-state index in [4.69, 9.17) is 4.74 Å². The molecule has 1 aliphatic rings. The SMILES string of the molecule is CCOc1cc(N2CCCC2)ccc1CCCN(C)C. The zero-order valence-corrected chi connectivity index (χ0v) is 13.2. The van der Waals surface area contributed by atoms with Crippen molar-refractivity contribution in [3.63, 3.8) is 0 Å². The van der Waals surface area contributed by atoms with Crippen molar-refractivity contribution in [1.82, 2.24) is 4.90 Å². The molecular formula is C17H28N2O. The van der Waals surface area contributed by atoms with Crippen LogP contribution in [0.1, 0.15) is 31.7 Å². The van der Waals surface area contributed by atoms with E-state index in [1.54, 1.807) is 0 Å². The van der Waals surface area contributed by atoms with Crippen molar-refractivity contribution in [2.75, 3.05) is 45.2 Å². The molecule has 3 heteroatoms. The van der Waals surface area contributed by atoms with Crippen molar-refractivity contribution in [2.24, 2.45) is 0 Å². The van der Waals surface area contributed by atoms with Crippen LogP contribution in [0.15, 0.2) is 18.2 Å². The van der Waals surface area contributed by atoms with Gasteiger partial charge in [0.15, 0.2) is 0 Å². The molecule has 0 saturated carbocycles. The van der Waals surface area contributed by atoms with Crippen molar-refractivity contribution in [3.05, 3.63) is 23.8 Å². The van der Waals surface area contributed by atoms with Crippen LogP contribution >= 0.6 is 0 Å². The number of ether oxygens (including phenoxy) is 1. The Hall–Kier alpha value is -1.22. The van der Waals surface area contributed by atoms with Crippen molar-refractivity contribution in [1.29, 1.82) is 0 Å². The van der Waals surface area contributed by atoms with E-state index in [1.165, 1.54) is 43.6 Å². The molecule has 0 aliphatic carbocycles. The highest BCUT2D eigenvalue weighted by Gasteiger charge is 2.14. The van der Waals surface area contributed by atoms with E-state index < -0.39 is 0 Å². The molecule has 1 heterocycles. The van der Waals surface area contributed by atoms with E-state index in [-0.39, 0.29) is 0 Å². The molecule has 3 nitrogen and oxygen atoms in total. The quantitative estimate of drug-likeness (QED) is 0.761. The maximum atomic E-state index is 5.85. The van der Waals surface area contributed by atoms with Crippen molar-refractivity contribution in [3.8, 4) is 5.75 Å². The molecule has 0 unspecified atom stereocenters. The first-order valence-corrected chi connectivity index (χ1v) is 7.86. The second-order valence-electron chi connectivity index (χ2n) is 5.83. The first-order valence-electron chi connectivity index (χ1n) is 7.86. The van der Waals surface area contributed by atoms with Crippen LogP contribution < -0.4 is 9.64 Å². The third-order valence-corrected chi connectivity index (χ3v) is 3.87. The molecule has 0 amide bonds. The predicted molar refractivity (Wildman–Crippen MR) is 85.9 cm³/mol. The Morgan fingerprint density at radius 2 is 1.95 bits per heavy atom. The molecule has 0 aromatic heterocycles. The van der Waals surface area contributed by atoms with Crippen molar-refractivity contribution >= 4 is 5.69 Å². The van der Waals surface area contributed by atoms with Crippen molar-refractivity contribution < 1.29 is 4.74 Å². The van der Waals surface area contributed by atoms with E-state index in [9.17, 15) is 0 Å². The van der Waals surface area contributed by atoms with Gasteiger partial charge in [-0.05, 0) is 64.9 Å². The summed E-state index contributed by atoms with van der Waals surface area (Å²) in [5, 5.41) is 0. The largest absolute Gasteiger partial charge is 0.494 e. The average Bonchev–Trinajstić information content (AvgIpc) is 2.94. The standard InChI is InChI=1S/C17H28N2O/c1-4-20-17-14-16(19-12-5-6-13-19)10-9-15(17)8-7-11-18(2)3/h9-10,14H,4-8,11-13H2,1-3H3. The van der Waals surface area contributed by atoms with E-state index in [0.717, 1.165) is 25.3 Å². The molecule has 0 bridgehead atoms. The van der Waals surface area contributed by atoms with Gasteiger partial charge in [-0.3, -0.25) is 0 Å². The lowest BCUT2D eigenvalue weighted by Gasteiger charge is -2.20. The molecule has 1 saturated heterocycles. The Kier molecular flexibility index (Phi) is 5.72. The third kappa shape index (κ3) is 4.14. The minimum absolute atomic E-state index is 0.740. The number of benzene rings is 1. The van der Waals surface area contributed by atoms with E-state index in [0.29, 0.717) is 0 Å². The zero-order chi connectivity index (χ0) is 14.4. The summed E-state index contributed by atoms with van der Waals surface area (Å²) in [4.78, 5) is 4.70. The fraction of sp³-hybridized carbons (Fsp3) is 0.647. The minimum Gasteiger partial charge on any atom is -0.494 e. The van der Waals surface area contributed by atoms with Crippen LogP contribution in [0, 0.1) is 0 Å². The number of hydrogen-bond acceptors (Lipinski definition) is 3. The summed E-state index contributed by atoms with van der Waals surface area (Å²) >= 11 is 0. The molecule has 1 aromatic carbocycles. The van der Waals surface area contributed by atoms with Gasteiger partial charge in [0, 0.05) is 24.8 Å². The van der Waals surface area contributed by atoms with Crippen molar-refractivity contribution in [2.45, 2.75) is 32.6 Å². The highest BCUT2D eigenvalue weighted by Crippen LogP contribution is 2.29. The number of hydrogen-bond donors (Lipinski definition) is 0. The summed E-state index contributed by atoms with van der Waals surface area (Å²) in [5.74, 6) is 1.08. The van der Waals surface area contributed by atoms with E-state index in [2.05, 4.69) is 49.0 Å². The monoisotopic (exact) mass is 276 g/mol. The summed E-state index contributed by atoms with van der Waals surface area (Å²) in [7, 11) is 4.25. The molecule has 112 valence electrons. The molecule has 1 aromatic rings. The van der Waals surface area contributed by atoms with Crippen LogP contribution in [0.3, 0.4) is 0 Å². The van der Waals surface area contributed by atoms with E-state index >= 15 is 0 Å². The maximum Gasteiger partial charge on any atom is 0.124 e. The minimum atomic E-state index is 0.740. The van der Waals surface area contributed by atoms with Gasteiger partial charge in [-0.25, -0.2) is 0 Å². The second kappa shape index (κ2) is 7.53. The predicted octanol–water partition coefficient (Wildman–Crippen LogP) is 3.18. The lowest BCUT2D eigenvalue weighted by molar-refractivity contribution is 0.334. The number of rotatable bonds is 7. The lowest BCUT2D eigenvalue weighted by atomic mass is 10.1. The zero-order valence-electron chi connectivity index (χ0n) is 13.2. The topological polar surface area (TPSA) is 15.7 Å². The molecule has 0 spiro atoms. The van der Waals surface area contributed by atoms with Gasteiger partial charge in [-0.1, -0.05) is 6.07 Å². The Balaban J connectivity index is 2.06. The normalized spacial score (nSPS) is 15.1. The molecule has 20 heavy (non-hydrogen) atoms. The molecular weight excluding hydrogens is 248 g/mol. The summed E-state index contributed by atoms with van der Waals surface area (Å²) in [5.41, 5.74) is 2.67. The van der Waals surface area contributed by atoms with Gasteiger partial charge in [-0.2, -0.15) is 0 Å². The van der Waals surface area contributed by atoms with Gasteiger partial charge in [-0.15, -0.1) is 0 Å². The molecule has 1 aliphatic heterocycles. The third-order valence-electron chi connectivity index (χ3n) is 3.87. The number of aryl methyl sites for hydroxylation is 1.